The summed E-state index contributed by atoms with van der Waals surface area (Å²) in [5, 5.41) is 12.7. The van der Waals surface area contributed by atoms with E-state index >= 15 is 0 Å². The molecule has 1 aliphatic heterocycles. The fourth-order valence-electron chi connectivity index (χ4n) is 3.77. The van der Waals surface area contributed by atoms with Gasteiger partial charge < -0.3 is 10.2 Å². The number of amides is 1. The summed E-state index contributed by atoms with van der Waals surface area (Å²) in [5.74, 6) is -0.0471. The lowest BCUT2D eigenvalue weighted by molar-refractivity contribution is -0.112. The van der Waals surface area contributed by atoms with Crippen molar-refractivity contribution in [1.29, 1.82) is 5.26 Å². The van der Waals surface area contributed by atoms with E-state index in [-0.39, 0.29) is 11.1 Å². The second-order valence-corrected chi connectivity index (χ2v) is 8.37. The number of carbonyl (C=O) groups is 1. The Morgan fingerprint density at radius 2 is 2.07 bits per heavy atom. The molecule has 1 atom stereocenters. The van der Waals surface area contributed by atoms with E-state index in [1.807, 2.05) is 12.1 Å². The molecule has 1 N–H and O–H groups in total. The molecule has 3 rings (SSSR count). The van der Waals surface area contributed by atoms with Crippen LogP contribution < -0.4 is 10.2 Å². The van der Waals surface area contributed by atoms with Crippen molar-refractivity contribution >= 4 is 35.0 Å². The van der Waals surface area contributed by atoms with Crippen LogP contribution >= 0.6 is 11.6 Å². The van der Waals surface area contributed by atoms with Crippen molar-refractivity contribution in [3.63, 3.8) is 0 Å². The zero-order valence-corrected chi connectivity index (χ0v) is 17.3. The molecule has 0 unspecified atom stereocenters. The van der Waals surface area contributed by atoms with E-state index in [0.29, 0.717) is 16.6 Å². The molecule has 1 heterocycles. The van der Waals surface area contributed by atoms with Gasteiger partial charge in [0.05, 0.1) is 0 Å². The van der Waals surface area contributed by atoms with Crippen molar-refractivity contribution in [2.75, 3.05) is 17.3 Å². The molecule has 0 saturated carbocycles. The predicted octanol–water partition coefficient (Wildman–Crippen LogP) is 5.61. The molecule has 0 radical (unpaired) electrons. The minimum atomic E-state index is -0.450. The Balaban J connectivity index is 1.88. The number of fused-ring (bicyclic) bond motifs is 1. The number of benzene rings is 2. The molecule has 1 amide bonds. The molecule has 2 aromatic carbocycles. The molecule has 2 aromatic rings. The highest BCUT2D eigenvalue weighted by Gasteiger charge is 2.33. The van der Waals surface area contributed by atoms with Crippen molar-refractivity contribution < 1.29 is 4.79 Å². The van der Waals surface area contributed by atoms with Gasteiger partial charge in [0.2, 0.25) is 0 Å². The van der Waals surface area contributed by atoms with Crippen molar-refractivity contribution in [3.8, 4) is 6.07 Å². The molecule has 4 nitrogen and oxygen atoms in total. The van der Waals surface area contributed by atoms with Crippen LogP contribution in [-0.2, 0) is 4.79 Å². The van der Waals surface area contributed by atoms with Gasteiger partial charge in [-0.05, 0) is 73.7 Å². The first kappa shape index (κ1) is 20.0. The summed E-state index contributed by atoms with van der Waals surface area (Å²) in [7, 11) is 2.11. The fraction of sp³-hybridized carbons (Fsp3) is 0.304. The van der Waals surface area contributed by atoms with E-state index < -0.39 is 5.91 Å². The molecule has 0 saturated heterocycles. The average molecular weight is 394 g/mol. The molecule has 1 aliphatic rings. The lowest BCUT2D eigenvalue weighted by Gasteiger charge is -2.45. The van der Waals surface area contributed by atoms with Crippen LogP contribution in [0.15, 0.2) is 48.0 Å². The largest absolute Gasteiger partial charge is 0.369 e. The molecule has 144 valence electrons. The van der Waals surface area contributed by atoms with Crippen LogP contribution in [0.4, 0.5) is 11.4 Å². The van der Waals surface area contributed by atoms with E-state index in [9.17, 15) is 10.1 Å². The van der Waals surface area contributed by atoms with E-state index in [4.69, 9.17) is 11.6 Å². The minimum Gasteiger partial charge on any atom is -0.369 e. The average Bonchev–Trinajstić information content (AvgIpc) is 2.64. The molecule has 0 aliphatic carbocycles. The number of anilines is 2. The zero-order valence-electron chi connectivity index (χ0n) is 16.6. The summed E-state index contributed by atoms with van der Waals surface area (Å²) in [4.78, 5) is 14.8. The normalized spacial score (nSPS) is 18.2. The van der Waals surface area contributed by atoms with Gasteiger partial charge in [0.15, 0.2) is 0 Å². The van der Waals surface area contributed by atoms with Gasteiger partial charge in [-0.3, -0.25) is 4.79 Å². The maximum Gasteiger partial charge on any atom is 0.266 e. The predicted molar refractivity (Wildman–Crippen MR) is 116 cm³/mol. The standard InChI is InChI=1S/C23H24ClN3O/c1-15-13-23(2,3)27(4)21-9-8-16(11-20(15)21)10-17(14-25)22(28)26-19-7-5-6-18(24)12-19/h5-12,15H,13H2,1-4H3,(H,26,28)/b17-10-/t15-/m0/s1. The number of hydrogen-bond donors (Lipinski definition) is 1. The van der Waals surface area contributed by atoms with Gasteiger partial charge >= 0.3 is 0 Å². The fourth-order valence-corrected chi connectivity index (χ4v) is 3.96. The van der Waals surface area contributed by atoms with Gasteiger partial charge in [-0.25, -0.2) is 0 Å². The smallest absolute Gasteiger partial charge is 0.266 e. The minimum absolute atomic E-state index is 0.0528. The monoisotopic (exact) mass is 393 g/mol. The lowest BCUT2D eigenvalue weighted by atomic mass is 9.80. The first-order valence-electron chi connectivity index (χ1n) is 9.28. The summed E-state index contributed by atoms with van der Waals surface area (Å²) < 4.78 is 0. The number of rotatable bonds is 3. The van der Waals surface area contributed by atoms with Crippen LogP contribution in [0.2, 0.25) is 5.02 Å². The van der Waals surface area contributed by atoms with Gasteiger partial charge in [0, 0.05) is 29.0 Å². The van der Waals surface area contributed by atoms with Crippen LogP contribution in [0.25, 0.3) is 6.08 Å². The third kappa shape index (κ3) is 4.05. The van der Waals surface area contributed by atoms with Gasteiger partial charge in [-0.1, -0.05) is 30.7 Å². The Morgan fingerprint density at radius 1 is 1.32 bits per heavy atom. The third-order valence-electron chi connectivity index (χ3n) is 5.42. The molecular weight excluding hydrogens is 370 g/mol. The molecule has 0 fully saturated rings. The molecule has 0 bridgehead atoms. The van der Waals surface area contributed by atoms with Crippen LogP contribution in [0, 0.1) is 11.3 Å². The lowest BCUT2D eigenvalue weighted by Crippen LogP contribution is -2.45. The molecule has 0 spiro atoms. The Bertz CT molecular complexity index is 988. The van der Waals surface area contributed by atoms with Gasteiger partial charge in [-0.15, -0.1) is 0 Å². The summed E-state index contributed by atoms with van der Waals surface area (Å²) >= 11 is 5.95. The van der Waals surface area contributed by atoms with Crippen LogP contribution in [-0.4, -0.2) is 18.5 Å². The first-order chi connectivity index (χ1) is 13.2. The maximum absolute atomic E-state index is 12.5. The molecular formula is C23H24ClN3O. The second-order valence-electron chi connectivity index (χ2n) is 7.93. The van der Waals surface area contributed by atoms with Crippen LogP contribution in [0.5, 0.6) is 0 Å². The maximum atomic E-state index is 12.5. The van der Waals surface area contributed by atoms with Gasteiger partial charge in [0.25, 0.3) is 5.91 Å². The Kier molecular flexibility index (Phi) is 5.49. The van der Waals surface area contributed by atoms with Crippen molar-refractivity contribution in [1.82, 2.24) is 0 Å². The third-order valence-corrected chi connectivity index (χ3v) is 5.65. The van der Waals surface area contributed by atoms with Gasteiger partial charge in [-0.2, -0.15) is 5.26 Å². The number of halogens is 1. The molecule has 28 heavy (non-hydrogen) atoms. The molecule has 5 heteroatoms. The zero-order chi connectivity index (χ0) is 20.5. The number of nitrogens with zero attached hydrogens (tertiary/aromatic N) is 2. The number of hydrogen-bond acceptors (Lipinski definition) is 3. The number of carbonyl (C=O) groups excluding carboxylic acids is 1. The van der Waals surface area contributed by atoms with Gasteiger partial charge in [0.1, 0.15) is 11.6 Å². The number of nitriles is 1. The van der Waals surface area contributed by atoms with E-state index in [2.05, 4.69) is 50.2 Å². The highest BCUT2D eigenvalue weighted by molar-refractivity contribution is 6.31. The first-order valence-corrected chi connectivity index (χ1v) is 9.65. The summed E-state index contributed by atoms with van der Waals surface area (Å²) in [6, 6.07) is 15.0. The van der Waals surface area contributed by atoms with Crippen molar-refractivity contribution in [3.05, 3.63) is 64.2 Å². The van der Waals surface area contributed by atoms with Crippen LogP contribution in [0.1, 0.15) is 44.2 Å². The topological polar surface area (TPSA) is 56.1 Å². The molecule has 0 aromatic heterocycles. The second kappa shape index (κ2) is 7.69. The summed E-state index contributed by atoms with van der Waals surface area (Å²) in [6.07, 6.45) is 2.68. The van der Waals surface area contributed by atoms with Crippen molar-refractivity contribution in [2.45, 2.75) is 38.6 Å². The van der Waals surface area contributed by atoms with E-state index in [1.54, 1.807) is 30.3 Å². The highest BCUT2D eigenvalue weighted by Crippen LogP contribution is 2.42. The Labute approximate surface area is 171 Å². The quantitative estimate of drug-likeness (QED) is 0.544. The van der Waals surface area contributed by atoms with E-state index in [0.717, 1.165) is 12.0 Å². The SMILES string of the molecule is C[C@H]1CC(C)(C)N(C)c2ccc(/C=C(/C#N)C(=O)Nc3cccc(Cl)c3)cc21. The number of nitrogens with one attached hydrogen (secondary N) is 1. The van der Waals surface area contributed by atoms with Crippen molar-refractivity contribution in [2.24, 2.45) is 0 Å². The van der Waals surface area contributed by atoms with E-state index in [1.165, 1.54) is 11.3 Å². The van der Waals surface area contributed by atoms with Crippen LogP contribution in [0.3, 0.4) is 0 Å². The summed E-state index contributed by atoms with van der Waals surface area (Å²) in [6.45, 7) is 6.71. The summed E-state index contributed by atoms with van der Waals surface area (Å²) in [5.41, 5.74) is 3.99. The Hall–Kier alpha value is -2.77. The highest BCUT2D eigenvalue weighted by atomic mass is 35.5. The Morgan fingerprint density at radius 3 is 2.75 bits per heavy atom.